The third kappa shape index (κ3) is 3.39. The van der Waals surface area contributed by atoms with Crippen LogP contribution in [0.3, 0.4) is 0 Å². The topological polar surface area (TPSA) is 61.3 Å². The van der Waals surface area contributed by atoms with Crippen LogP contribution in [0, 0.1) is 0 Å². The van der Waals surface area contributed by atoms with Gasteiger partial charge in [0, 0.05) is 52.8 Å². The standard InChI is InChI=1S/C17H25N7/c1-5-13-10-19-16(20-11-13)24-9-7-14(12-24)23(4)17-18-8-6-15(21-17)22(2)3/h6,8,10-11,14H,5,7,9,12H2,1-4H3. The molecule has 7 heteroatoms. The normalized spacial score (nSPS) is 17.2. The van der Waals surface area contributed by atoms with Crippen LogP contribution in [0.25, 0.3) is 0 Å². The highest BCUT2D eigenvalue weighted by Crippen LogP contribution is 2.22. The fraction of sp³-hybridized carbons (Fsp3) is 0.529. The largest absolute Gasteiger partial charge is 0.363 e. The van der Waals surface area contributed by atoms with Crippen LogP contribution in [0.2, 0.25) is 0 Å². The summed E-state index contributed by atoms with van der Waals surface area (Å²) in [4.78, 5) is 24.4. The highest BCUT2D eigenvalue weighted by molar-refractivity contribution is 5.44. The average molecular weight is 327 g/mol. The summed E-state index contributed by atoms with van der Waals surface area (Å²) in [6.07, 6.45) is 7.66. The van der Waals surface area contributed by atoms with Crippen molar-refractivity contribution >= 4 is 17.7 Å². The summed E-state index contributed by atoms with van der Waals surface area (Å²) in [6.45, 7) is 3.95. The SMILES string of the molecule is CCc1cnc(N2CCC(N(C)c3nccc(N(C)C)n3)C2)nc1. The minimum Gasteiger partial charge on any atom is -0.363 e. The quantitative estimate of drug-likeness (QED) is 0.827. The molecule has 1 fully saturated rings. The summed E-state index contributed by atoms with van der Waals surface area (Å²) in [5.74, 6) is 2.49. The van der Waals surface area contributed by atoms with E-state index in [0.29, 0.717) is 6.04 Å². The zero-order valence-electron chi connectivity index (χ0n) is 14.8. The molecule has 0 N–H and O–H groups in total. The number of hydrogen-bond acceptors (Lipinski definition) is 7. The van der Waals surface area contributed by atoms with E-state index in [4.69, 9.17) is 0 Å². The molecule has 0 radical (unpaired) electrons. The Bertz CT molecular complexity index is 671. The lowest BCUT2D eigenvalue weighted by atomic mass is 10.2. The van der Waals surface area contributed by atoms with Gasteiger partial charge >= 0.3 is 0 Å². The summed E-state index contributed by atoms with van der Waals surface area (Å²) in [6, 6.07) is 2.28. The van der Waals surface area contributed by atoms with E-state index in [9.17, 15) is 0 Å². The average Bonchev–Trinajstić information content (AvgIpc) is 3.11. The van der Waals surface area contributed by atoms with Gasteiger partial charge in [0.05, 0.1) is 6.04 Å². The van der Waals surface area contributed by atoms with Crippen molar-refractivity contribution < 1.29 is 0 Å². The molecule has 3 rings (SSSR count). The zero-order valence-corrected chi connectivity index (χ0v) is 14.8. The Labute approximate surface area is 143 Å². The highest BCUT2D eigenvalue weighted by Gasteiger charge is 2.28. The molecular weight excluding hydrogens is 302 g/mol. The summed E-state index contributed by atoms with van der Waals surface area (Å²) in [5, 5.41) is 0. The first-order valence-corrected chi connectivity index (χ1v) is 8.37. The lowest BCUT2D eigenvalue weighted by Crippen LogP contribution is -2.36. The van der Waals surface area contributed by atoms with Crippen molar-refractivity contribution in [1.82, 2.24) is 19.9 Å². The molecule has 3 heterocycles. The molecule has 0 spiro atoms. The zero-order chi connectivity index (χ0) is 17.1. The Morgan fingerprint density at radius 1 is 1.17 bits per heavy atom. The summed E-state index contributed by atoms with van der Waals surface area (Å²) in [5.41, 5.74) is 1.17. The third-order valence-corrected chi connectivity index (χ3v) is 4.50. The maximum absolute atomic E-state index is 4.63. The fourth-order valence-corrected chi connectivity index (χ4v) is 2.85. The van der Waals surface area contributed by atoms with Crippen LogP contribution >= 0.6 is 0 Å². The van der Waals surface area contributed by atoms with E-state index >= 15 is 0 Å². The number of aryl methyl sites for hydroxylation is 1. The van der Waals surface area contributed by atoms with Crippen LogP contribution in [0.15, 0.2) is 24.7 Å². The van der Waals surface area contributed by atoms with Crippen molar-refractivity contribution in [3.63, 3.8) is 0 Å². The lowest BCUT2D eigenvalue weighted by Gasteiger charge is -2.25. The van der Waals surface area contributed by atoms with Crippen LogP contribution in [0.1, 0.15) is 18.9 Å². The Hall–Kier alpha value is -2.44. The fourth-order valence-electron chi connectivity index (χ4n) is 2.85. The molecule has 1 saturated heterocycles. The van der Waals surface area contributed by atoms with Crippen LogP contribution in [0.5, 0.6) is 0 Å². The summed E-state index contributed by atoms with van der Waals surface area (Å²) >= 11 is 0. The number of nitrogens with zero attached hydrogens (tertiary/aromatic N) is 7. The molecule has 24 heavy (non-hydrogen) atoms. The predicted octanol–water partition coefficient (Wildman–Crippen LogP) is 1.61. The van der Waals surface area contributed by atoms with E-state index in [0.717, 1.165) is 43.6 Å². The molecule has 128 valence electrons. The minimum atomic E-state index is 0.358. The van der Waals surface area contributed by atoms with Gasteiger partial charge in [-0.2, -0.15) is 4.98 Å². The van der Waals surface area contributed by atoms with E-state index in [1.807, 2.05) is 43.7 Å². The summed E-state index contributed by atoms with van der Waals surface area (Å²) in [7, 11) is 6.03. The second-order valence-electron chi connectivity index (χ2n) is 6.35. The number of rotatable bonds is 5. The van der Waals surface area contributed by atoms with Crippen molar-refractivity contribution in [2.75, 3.05) is 48.9 Å². The first-order chi connectivity index (χ1) is 11.6. The van der Waals surface area contributed by atoms with Gasteiger partial charge < -0.3 is 14.7 Å². The monoisotopic (exact) mass is 327 g/mol. The predicted molar refractivity (Wildman–Crippen MR) is 96.8 cm³/mol. The molecule has 1 unspecified atom stereocenters. The molecular formula is C17H25N7. The van der Waals surface area contributed by atoms with Gasteiger partial charge in [0.2, 0.25) is 11.9 Å². The van der Waals surface area contributed by atoms with Crippen molar-refractivity contribution in [3.05, 3.63) is 30.2 Å². The van der Waals surface area contributed by atoms with E-state index in [2.05, 4.69) is 43.7 Å². The van der Waals surface area contributed by atoms with Crippen LogP contribution in [-0.4, -0.2) is 60.2 Å². The second-order valence-corrected chi connectivity index (χ2v) is 6.35. The van der Waals surface area contributed by atoms with E-state index in [-0.39, 0.29) is 0 Å². The molecule has 0 bridgehead atoms. The molecule has 0 aromatic carbocycles. The first-order valence-electron chi connectivity index (χ1n) is 8.37. The first kappa shape index (κ1) is 16.4. The molecule has 1 atom stereocenters. The van der Waals surface area contributed by atoms with Crippen LogP contribution in [-0.2, 0) is 6.42 Å². The van der Waals surface area contributed by atoms with Gasteiger partial charge in [-0.25, -0.2) is 15.0 Å². The number of likely N-dealkylation sites (N-methyl/N-ethyl adjacent to an activating group) is 1. The Morgan fingerprint density at radius 3 is 2.58 bits per heavy atom. The van der Waals surface area contributed by atoms with Crippen LogP contribution in [0.4, 0.5) is 17.7 Å². The Kier molecular flexibility index (Phi) is 4.78. The van der Waals surface area contributed by atoms with Crippen molar-refractivity contribution in [3.8, 4) is 0 Å². The van der Waals surface area contributed by atoms with Gasteiger partial charge in [0.25, 0.3) is 0 Å². The smallest absolute Gasteiger partial charge is 0.227 e. The van der Waals surface area contributed by atoms with E-state index < -0.39 is 0 Å². The molecule has 0 amide bonds. The maximum atomic E-state index is 4.63. The molecule has 2 aromatic heterocycles. The molecule has 1 aliphatic heterocycles. The lowest BCUT2D eigenvalue weighted by molar-refractivity contribution is 0.673. The molecule has 0 saturated carbocycles. The maximum Gasteiger partial charge on any atom is 0.227 e. The van der Waals surface area contributed by atoms with Gasteiger partial charge in [-0.3, -0.25) is 0 Å². The second kappa shape index (κ2) is 6.98. The van der Waals surface area contributed by atoms with Crippen molar-refractivity contribution in [2.24, 2.45) is 0 Å². The van der Waals surface area contributed by atoms with Gasteiger partial charge in [0.1, 0.15) is 5.82 Å². The number of anilines is 3. The molecule has 7 nitrogen and oxygen atoms in total. The van der Waals surface area contributed by atoms with Gasteiger partial charge in [0.15, 0.2) is 0 Å². The number of aromatic nitrogens is 4. The van der Waals surface area contributed by atoms with Crippen molar-refractivity contribution in [1.29, 1.82) is 0 Å². The molecule has 2 aromatic rings. The van der Waals surface area contributed by atoms with E-state index in [1.54, 1.807) is 0 Å². The Balaban J connectivity index is 1.69. The van der Waals surface area contributed by atoms with Crippen LogP contribution < -0.4 is 14.7 Å². The van der Waals surface area contributed by atoms with Gasteiger partial charge in [-0.15, -0.1) is 0 Å². The molecule has 0 aliphatic carbocycles. The highest BCUT2D eigenvalue weighted by atomic mass is 15.3. The molecule has 1 aliphatic rings. The van der Waals surface area contributed by atoms with E-state index in [1.165, 1.54) is 5.56 Å². The number of hydrogen-bond donors (Lipinski definition) is 0. The van der Waals surface area contributed by atoms with Gasteiger partial charge in [-0.1, -0.05) is 6.92 Å². The Morgan fingerprint density at radius 2 is 1.92 bits per heavy atom. The third-order valence-electron chi connectivity index (χ3n) is 4.50. The minimum absolute atomic E-state index is 0.358. The summed E-state index contributed by atoms with van der Waals surface area (Å²) < 4.78 is 0. The van der Waals surface area contributed by atoms with Crippen molar-refractivity contribution in [2.45, 2.75) is 25.8 Å². The van der Waals surface area contributed by atoms with Gasteiger partial charge in [-0.05, 0) is 24.5 Å².